The molecule has 0 atom stereocenters. The fourth-order valence-corrected chi connectivity index (χ4v) is 2.99. The third-order valence-corrected chi connectivity index (χ3v) is 4.50. The Bertz CT molecular complexity index is 743. The Morgan fingerprint density at radius 1 is 1.12 bits per heavy atom. The van der Waals surface area contributed by atoms with Crippen molar-refractivity contribution in [2.45, 2.75) is 12.8 Å². The molecule has 0 bridgehead atoms. The minimum Gasteiger partial charge on any atom is -0.352 e. The van der Waals surface area contributed by atoms with Gasteiger partial charge in [-0.15, -0.1) is 0 Å². The van der Waals surface area contributed by atoms with Crippen LogP contribution in [0.25, 0.3) is 0 Å². The summed E-state index contributed by atoms with van der Waals surface area (Å²) in [6.45, 7) is 1.72. The minimum atomic E-state index is -0.487. The van der Waals surface area contributed by atoms with E-state index in [2.05, 4.69) is 10.3 Å². The smallest absolute Gasteiger partial charge is 0.256 e. The fourth-order valence-electron chi connectivity index (χ4n) is 2.99. The highest BCUT2D eigenvalue weighted by atomic mass is 19.1. The monoisotopic (exact) mass is 341 g/mol. The number of piperidine rings is 1. The highest BCUT2D eigenvalue weighted by Crippen LogP contribution is 2.19. The standard InChI is InChI=1S/C19H20FN3O2/c20-17-4-2-1-3-16(17)19(25)23-11-7-14(8-12-23)13-22-18(24)15-5-9-21-10-6-15/h1-6,9-10,14H,7-8,11-13H2,(H,22,24). The number of carbonyl (C=O) groups excluding carboxylic acids is 2. The van der Waals surface area contributed by atoms with Crippen LogP contribution in [0.2, 0.25) is 0 Å². The molecular weight excluding hydrogens is 321 g/mol. The van der Waals surface area contributed by atoms with Crippen molar-refractivity contribution in [2.75, 3.05) is 19.6 Å². The average Bonchev–Trinajstić information content (AvgIpc) is 2.67. The molecule has 0 saturated carbocycles. The van der Waals surface area contributed by atoms with E-state index in [4.69, 9.17) is 0 Å². The summed E-state index contributed by atoms with van der Waals surface area (Å²) in [4.78, 5) is 30.0. The van der Waals surface area contributed by atoms with Gasteiger partial charge < -0.3 is 10.2 Å². The third kappa shape index (κ3) is 4.21. The second-order valence-corrected chi connectivity index (χ2v) is 6.16. The lowest BCUT2D eigenvalue weighted by molar-refractivity contribution is 0.0679. The second-order valence-electron chi connectivity index (χ2n) is 6.16. The Hall–Kier alpha value is -2.76. The van der Waals surface area contributed by atoms with E-state index in [-0.39, 0.29) is 17.4 Å². The number of hydrogen-bond acceptors (Lipinski definition) is 3. The number of nitrogens with zero attached hydrogens (tertiary/aromatic N) is 2. The summed E-state index contributed by atoms with van der Waals surface area (Å²) in [6, 6.07) is 9.39. The number of pyridine rings is 1. The van der Waals surface area contributed by atoms with E-state index >= 15 is 0 Å². The van der Waals surface area contributed by atoms with Gasteiger partial charge in [0.05, 0.1) is 5.56 Å². The number of hydrogen-bond donors (Lipinski definition) is 1. The van der Waals surface area contributed by atoms with Gasteiger partial charge in [0.1, 0.15) is 5.82 Å². The number of nitrogens with one attached hydrogen (secondary N) is 1. The predicted molar refractivity (Wildman–Crippen MR) is 91.6 cm³/mol. The molecule has 2 amide bonds. The summed E-state index contributed by atoms with van der Waals surface area (Å²) in [5, 5.41) is 2.92. The van der Waals surface area contributed by atoms with Gasteiger partial charge in [0.15, 0.2) is 0 Å². The zero-order valence-corrected chi connectivity index (χ0v) is 13.8. The van der Waals surface area contributed by atoms with E-state index in [1.54, 1.807) is 41.6 Å². The molecule has 1 saturated heterocycles. The lowest BCUT2D eigenvalue weighted by Gasteiger charge is -2.32. The summed E-state index contributed by atoms with van der Waals surface area (Å²) in [5.74, 6) is -0.556. The first-order valence-corrected chi connectivity index (χ1v) is 8.37. The van der Waals surface area contributed by atoms with Crippen molar-refractivity contribution < 1.29 is 14.0 Å². The van der Waals surface area contributed by atoms with Gasteiger partial charge in [-0.1, -0.05) is 12.1 Å². The molecule has 6 heteroatoms. The molecule has 1 aromatic carbocycles. The number of aromatic nitrogens is 1. The Labute approximate surface area is 145 Å². The van der Waals surface area contributed by atoms with Crippen molar-refractivity contribution in [1.82, 2.24) is 15.2 Å². The number of likely N-dealkylation sites (tertiary alicyclic amines) is 1. The largest absolute Gasteiger partial charge is 0.352 e. The summed E-state index contributed by atoms with van der Waals surface area (Å²) >= 11 is 0. The van der Waals surface area contributed by atoms with Crippen LogP contribution in [-0.4, -0.2) is 41.3 Å². The van der Waals surface area contributed by atoms with Crippen LogP contribution in [-0.2, 0) is 0 Å². The highest BCUT2D eigenvalue weighted by molar-refractivity contribution is 5.94. The first-order valence-electron chi connectivity index (χ1n) is 8.37. The molecule has 0 aliphatic carbocycles. The van der Waals surface area contributed by atoms with Crippen molar-refractivity contribution in [3.63, 3.8) is 0 Å². The second kappa shape index (κ2) is 7.88. The Balaban J connectivity index is 1.48. The summed E-state index contributed by atoms with van der Waals surface area (Å²) in [7, 11) is 0. The maximum atomic E-state index is 13.7. The third-order valence-electron chi connectivity index (χ3n) is 4.50. The molecule has 25 heavy (non-hydrogen) atoms. The average molecular weight is 341 g/mol. The number of benzene rings is 1. The first kappa shape index (κ1) is 17.1. The lowest BCUT2D eigenvalue weighted by Crippen LogP contribution is -2.41. The van der Waals surface area contributed by atoms with E-state index < -0.39 is 5.82 Å². The van der Waals surface area contributed by atoms with E-state index in [1.807, 2.05) is 0 Å². The number of rotatable bonds is 4. The molecular formula is C19H20FN3O2. The van der Waals surface area contributed by atoms with Crippen LogP contribution in [0.4, 0.5) is 4.39 Å². The van der Waals surface area contributed by atoms with Crippen LogP contribution in [0, 0.1) is 11.7 Å². The molecule has 1 fully saturated rings. The number of amides is 2. The van der Waals surface area contributed by atoms with Gasteiger partial charge >= 0.3 is 0 Å². The van der Waals surface area contributed by atoms with Crippen molar-refractivity contribution in [1.29, 1.82) is 0 Å². The number of carbonyl (C=O) groups is 2. The van der Waals surface area contributed by atoms with Crippen LogP contribution in [0.3, 0.4) is 0 Å². The van der Waals surface area contributed by atoms with Gasteiger partial charge in [0.25, 0.3) is 11.8 Å². The van der Waals surface area contributed by atoms with Crippen molar-refractivity contribution in [3.8, 4) is 0 Å². The van der Waals surface area contributed by atoms with Crippen molar-refractivity contribution in [3.05, 3.63) is 65.7 Å². The Kier molecular flexibility index (Phi) is 5.38. The molecule has 3 rings (SSSR count). The Morgan fingerprint density at radius 2 is 1.80 bits per heavy atom. The van der Waals surface area contributed by atoms with E-state index in [1.165, 1.54) is 12.1 Å². The number of halogens is 1. The van der Waals surface area contributed by atoms with Crippen LogP contribution in [0.5, 0.6) is 0 Å². The molecule has 0 radical (unpaired) electrons. The molecule has 0 spiro atoms. The topological polar surface area (TPSA) is 62.3 Å². The fraction of sp³-hybridized carbons (Fsp3) is 0.316. The van der Waals surface area contributed by atoms with Crippen molar-refractivity contribution >= 4 is 11.8 Å². The molecule has 130 valence electrons. The van der Waals surface area contributed by atoms with Gasteiger partial charge in [-0.3, -0.25) is 14.6 Å². The molecule has 1 aliphatic rings. The Morgan fingerprint density at radius 3 is 2.48 bits per heavy atom. The summed E-state index contributed by atoms with van der Waals surface area (Å²) in [6.07, 6.45) is 4.75. The van der Waals surface area contributed by atoms with E-state index in [0.717, 1.165) is 12.8 Å². The molecule has 1 aromatic heterocycles. The van der Waals surface area contributed by atoms with Gasteiger partial charge in [-0.2, -0.15) is 0 Å². The SMILES string of the molecule is O=C(NCC1CCN(C(=O)c2ccccc2F)CC1)c1ccncc1. The van der Waals surface area contributed by atoms with Crippen LogP contribution in [0.1, 0.15) is 33.6 Å². The predicted octanol–water partition coefficient (Wildman–Crippen LogP) is 2.50. The van der Waals surface area contributed by atoms with Gasteiger partial charge in [0.2, 0.25) is 0 Å². The van der Waals surface area contributed by atoms with Gasteiger partial charge in [0, 0.05) is 37.6 Å². The van der Waals surface area contributed by atoms with Gasteiger partial charge in [-0.25, -0.2) is 4.39 Å². The molecule has 2 heterocycles. The summed E-state index contributed by atoms with van der Waals surface area (Å²) in [5.41, 5.74) is 0.703. The molecule has 1 N–H and O–H groups in total. The normalized spacial score (nSPS) is 15.0. The molecule has 2 aromatic rings. The quantitative estimate of drug-likeness (QED) is 0.929. The minimum absolute atomic E-state index is 0.118. The van der Waals surface area contributed by atoms with E-state index in [0.29, 0.717) is 31.1 Å². The molecule has 1 aliphatic heterocycles. The molecule has 0 unspecified atom stereocenters. The molecule has 5 nitrogen and oxygen atoms in total. The van der Waals surface area contributed by atoms with Crippen molar-refractivity contribution in [2.24, 2.45) is 5.92 Å². The first-order chi connectivity index (χ1) is 12.1. The summed E-state index contributed by atoms with van der Waals surface area (Å²) < 4.78 is 13.7. The zero-order chi connectivity index (χ0) is 17.6. The van der Waals surface area contributed by atoms with Crippen LogP contribution in [0.15, 0.2) is 48.8 Å². The van der Waals surface area contributed by atoms with Gasteiger partial charge in [-0.05, 0) is 43.0 Å². The lowest BCUT2D eigenvalue weighted by atomic mass is 9.96. The highest BCUT2D eigenvalue weighted by Gasteiger charge is 2.25. The van der Waals surface area contributed by atoms with E-state index in [9.17, 15) is 14.0 Å². The maximum Gasteiger partial charge on any atom is 0.256 e. The van der Waals surface area contributed by atoms with Crippen LogP contribution >= 0.6 is 0 Å². The zero-order valence-electron chi connectivity index (χ0n) is 13.8. The van der Waals surface area contributed by atoms with Crippen LogP contribution < -0.4 is 5.32 Å². The maximum absolute atomic E-state index is 13.7.